The first kappa shape index (κ1) is 18.3. The van der Waals surface area contributed by atoms with E-state index in [2.05, 4.69) is 10.6 Å². The van der Waals surface area contributed by atoms with Gasteiger partial charge >= 0.3 is 0 Å². The fraction of sp³-hybridized carbons (Fsp3) is 0.562. The number of hydrogen-bond acceptors (Lipinski definition) is 4. The molecule has 7 heteroatoms. The van der Waals surface area contributed by atoms with Crippen LogP contribution >= 0.6 is 23.2 Å². The highest BCUT2D eigenvalue weighted by Gasteiger charge is 2.25. The van der Waals surface area contributed by atoms with E-state index in [-0.39, 0.29) is 30.9 Å². The zero-order valence-corrected chi connectivity index (χ0v) is 14.6. The van der Waals surface area contributed by atoms with Gasteiger partial charge in [-0.2, -0.15) is 0 Å². The van der Waals surface area contributed by atoms with E-state index < -0.39 is 0 Å². The van der Waals surface area contributed by atoms with Crippen molar-refractivity contribution in [2.45, 2.75) is 31.2 Å². The molecule has 1 fully saturated rings. The second-order valence-electron chi connectivity index (χ2n) is 5.65. The minimum absolute atomic E-state index is 0.0467. The van der Waals surface area contributed by atoms with Crippen LogP contribution in [-0.4, -0.2) is 43.9 Å². The van der Waals surface area contributed by atoms with E-state index in [9.17, 15) is 9.90 Å². The van der Waals surface area contributed by atoms with E-state index in [1.807, 2.05) is 0 Å². The van der Waals surface area contributed by atoms with Crippen molar-refractivity contribution >= 4 is 29.1 Å². The summed E-state index contributed by atoms with van der Waals surface area (Å²) in [6.45, 7) is 1.66. The standard InChI is InChI=1S/C16H22Cl2N2O3/c1-23-13-3-2-12(17)16(18)15(13)10(5-7-21)8-14(22)20-11-4-6-19-9-11/h2-3,10-11,19,21H,4-9H2,1H3,(H,20,22). The van der Waals surface area contributed by atoms with E-state index in [1.54, 1.807) is 19.2 Å². The number of halogens is 2. The first-order valence-corrected chi connectivity index (χ1v) is 8.45. The second-order valence-corrected chi connectivity index (χ2v) is 6.43. The highest BCUT2D eigenvalue weighted by molar-refractivity contribution is 6.42. The third kappa shape index (κ3) is 4.73. The van der Waals surface area contributed by atoms with Crippen LogP contribution in [0.15, 0.2) is 12.1 Å². The number of carbonyl (C=O) groups excluding carboxylic acids is 1. The van der Waals surface area contributed by atoms with Gasteiger partial charge in [-0.25, -0.2) is 0 Å². The summed E-state index contributed by atoms with van der Waals surface area (Å²) in [5, 5.41) is 16.4. The van der Waals surface area contributed by atoms with Crippen LogP contribution in [0.2, 0.25) is 10.0 Å². The highest BCUT2D eigenvalue weighted by atomic mass is 35.5. The normalized spacial score (nSPS) is 18.7. The zero-order chi connectivity index (χ0) is 16.8. The quantitative estimate of drug-likeness (QED) is 0.697. The van der Waals surface area contributed by atoms with E-state index in [1.165, 1.54) is 0 Å². The first-order valence-electron chi connectivity index (χ1n) is 7.69. The Morgan fingerprint density at radius 1 is 1.52 bits per heavy atom. The van der Waals surface area contributed by atoms with Crippen molar-refractivity contribution in [2.24, 2.45) is 0 Å². The molecule has 1 aliphatic rings. The molecule has 128 valence electrons. The van der Waals surface area contributed by atoms with Crippen LogP contribution in [0.1, 0.15) is 30.7 Å². The lowest BCUT2D eigenvalue weighted by Gasteiger charge is -2.22. The molecule has 1 aromatic rings. The van der Waals surface area contributed by atoms with Crippen molar-refractivity contribution in [3.63, 3.8) is 0 Å². The van der Waals surface area contributed by atoms with Crippen LogP contribution in [0.25, 0.3) is 0 Å². The lowest BCUT2D eigenvalue weighted by Crippen LogP contribution is -2.37. The maximum absolute atomic E-state index is 12.3. The number of nitrogens with one attached hydrogen (secondary N) is 2. The molecule has 3 N–H and O–H groups in total. The van der Waals surface area contributed by atoms with Crippen LogP contribution in [-0.2, 0) is 4.79 Å². The van der Waals surface area contributed by atoms with Crippen LogP contribution in [0.5, 0.6) is 5.75 Å². The molecule has 0 radical (unpaired) electrons. The summed E-state index contributed by atoms with van der Waals surface area (Å²) in [5.41, 5.74) is 0.676. The smallest absolute Gasteiger partial charge is 0.220 e. The second kappa shape index (κ2) is 8.73. The molecule has 0 spiro atoms. The molecule has 23 heavy (non-hydrogen) atoms. The van der Waals surface area contributed by atoms with Crippen molar-refractivity contribution < 1.29 is 14.6 Å². The number of carbonyl (C=O) groups is 1. The lowest BCUT2D eigenvalue weighted by molar-refractivity contribution is -0.122. The van der Waals surface area contributed by atoms with E-state index in [4.69, 9.17) is 27.9 Å². The Morgan fingerprint density at radius 2 is 2.30 bits per heavy atom. The molecular weight excluding hydrogens is 339 g/mol. The van der Waals surface area contributed by atoms with Crippen molar-refractivity contribution in [3.05, 3.63) is 27.7 Å². The summed E-state index contributed by atoms with van der Waals surface area (Å²) in [6.07, 6.45) is 1.57. The molecular formula is C16H22Cl2N2O3. The van der Waals surface area contributed by atoms with Gasteiger partial charge in [0.25, 0.3) is 0 Å². The summed E-state index contributed by atoms with van der Waals surface area (Å²) in [7, 11) is 1.54. The minimum atomic E-state index is -0.254. The van der Waals surface area contributed by atoms with Crippen LogP contribution in [0.4, 0.5) is 0 Å². The number of aliphatic hydroxyl groups is 1. The number of aliphatic hydroxyl groups excluding tert-OH is 1. The Morgan fingerprint density at radius 3 is 2.91 bits per heavy atom. The number of rotatable bonds is 7. The molecule has 2 rings (SSSR count). The topological polar surface area (TPSA) is 70.6 Å². The molecule has 1 amide bonds. The Hall–Kier alpha value is -1.01. The summed E-state index contributed by atoms with van der Waals surface area (Å²) < 4.78 is 5.36. The largest absolute Gasteiger partial charge is 0.496 e. The predicted octanol–water partition coefficient (Wildman–Crippen LogP) is 2.34. The SMILES string of the molecule is COc1ccc(Cl)c(Cl)c1C(CCO)CC(=O)NC1CCNC1. The minimum Gasteiger partial charge on any atom is -0.496 e. The fourth-order valence-corrected chi connectivity index (χ4v) is 3.37. The predicted molar refractivity (Wildman–Crippen MR) is 91.5 cm³/mol. The summed E-state index contributed by atoms with van der Waals surface area (Å²) in [6, 6.07) is 3.55. The summed E-state index contributed by atoms with van der Waals surface area (Å²) >= 11 is 12.4. The Balaban J connectivity index is 2.17. The average Bonchev–Trinajstić information content (AvgIpc) is 3.02. The van der Waals surface area contributed by atoms with Crippen LogP contribution in [0.3, 0.4) is 0 Å². The molecule has 0 aromatic heterocycles. The Labute approximate surface area is 146 Å². The molecule has 0 bridgehead atoms. The van der Waals surface area contributed by atoms with Gasteiger partial charge in [0, 0.05) is 31.2 Å². The van der Waals surface area contributed by atoms with E-state index >= 15 is 0 Å². The van der Waals surface area contributed by atoms with E-state index in [0.29, 0.717) is 27.8 Å². The van der Waals surface area contributed by atoms with Crippen molar-refractivity contribution in [1.29, 1.82) is 0 Å². The fourth-order valence-electron chi connectivity index (χ4n) is 2.90. The van der Waals surface area contributed by atoms with Crippen molar-refractivity contribution in [1.82, 2.24) is 10.6 Å². The van der Waals surface area contributed by atoms with Crippen molar-refractivity contribution in [2.75, 3.05) is 26.8 Å². The van der Waals surface area contributed by atoms with Crippen molar-refractivity contribution in [3.8, 4) is 5.75 Å². The molecule has 0 aliphatic carbocycles. The zero-order valence-electron chi connectivity index (χ0n) is 13.1. The van der Waals surface area contributed by atoms with Gasteiger partial charge in [0.2, 0.25) is 5.91 Å². The van der Waals surface area contributed by atoms with Gasteiger partial charge in [-0.1, -0.05) is 23.2 Å². The Bertz CT molecular complexity index is 548. The van der Waals surface area contributed by atoms with E-state index in [0.717, 1.165) is 19.5 Å². The molecule has 2 atom stereocenters. The molecule has 1 aromatic carbocycles. The van der Waals surface area contributed by atoms with Gasteiger partial charge in [0.05, 0.1) is 17.2 Å². The number of hydrogen-bond donors (Lipinski definition) is 3. The molecule has 2 unspecified atom stereocenters. The number of benzene rings is 1. The summed E-state index contributed by atoms with van der Waals surface area (Å²) in [5.74, 6) is 0.263. The van der Waals surface area contributed by atoms with Gasteiger partial charge in [-0.05, 0) is 37.4 Å². The maximum atomic E-state index is 12.3. The van der Waals surface area contributed by atoms with Crippen LogP contribution < -0.4 is 15.4 Å². The molecule has 1 aliphatic heterocycles. The molecule has 1 saturated heterocycles. The average molecular weight is 361 g/mol. The molecule has 1 heterocycles. The lowest BCUT2D eigenvalue weighted by atomic mass is 9.91. The molecule has 5 nitrogen and oxygen atoms in total. The van der Waals surface area contributed by atoms with Crippen LogP contribution in [0, 0.1) is 0 Å². The number of methoxy groups -OCH3 is 1. The Kier molecular flexibility index (Phi) is 6.96. The third-order valence-electron chi connectivity index (χ3n) is 4.06. The third-order valence-corrected chi connectivity index (χ3v) is 4.87. The van der Waals surface area contributed by atoms with Gasteiger partial charge in [-0.3, -0.25) is 4.79 Å². The summed E-state index contributed by atoms with van der Waals surface area (Å²) in [4.78, 5) is 12.3. The monoisotopic (exact) mass is 360 g/mol. The number of ether oxygens (including phenoxy) is 1. The highest BCUT2D eigenvalue weighted by Crippen LogP contribution is 2.40. The van der Waals surface area contributed by atoms with Gasteiger partial charge < -0.3 is 20.5 Å². The van der Waals surface area contributed by atoms with Gasteiger partial charge in [0.1, 0.15) is 5.75 Å². The first-order chi connectivity index (χ1) is 11.1. The number of amides is 1. The molecule has 0 saturated carbocycles. The van der Waals surface area contributed by atoms with Gasteiger partial charge in [-0.15, -0.1) is 0 Å². The maximum Gasteiger partial charge on any atom is 0.220 e. The van der Waals surface area contributed by atoms with Gasteiger partial charge in [0.15, 0.2) is 0 Å².